The quantitative estimate of drug-likeness (QED) is 0.841. The van der Waals surface area contributed by atoms with Crippen LogP contribution in [0.4, 0.5) is 0 Å². The summed E-state index contributed by atoms with van der Waals surface area (Å²) in [4.78, 5) is 8.15. The molecule has 0 N–H and O–H groups in total. The Balaban J connectivity index is 1.44. The summed E-state index contributed by atoms with van der Waals surface area (Å²) in [5, 5.41) is 0. The van der Waals surface area contributed by atoms with Crippen LogP contribution in [-0.2, 0) is 11.3 Å². The topological polar surface area (TPSA) is 15.7 Å². The molecule has 1 aromatic rings. The minimum Gasteiger partial charge on any atom is -0.379 e. The molecule has 3 nitrogen and oxygen atoms in total. The first-order chi connectivity index (χ1) is 9.29. The summed E-state index contributed by atoms with van der Waals surface area (Å²) < 4.78 is 5.42. The fourth-order valence-electron chi connectivity index (χ4n) is 3.14. The summed E-state index contributed by atoms with van der Waals surface area (Å²) in [6.45, 7) is 11.2. The molecule has 1 aromatic heterocycles. The fraction of sp³-hybridized carbons (Fsp3) is 0.733. The monoisotopic (exact) mass is 280 g/mol. The zero-order chi connectivity index (χ0) is 13.1. The highest BCUT2D eigenvalue weighted by Crippen LogP contribution is 2.23. The van der Waals surface area contributed by atoms with Gasteiger partial charge in [-0.2, -0.15) is 0 Å². The van der Waals surface area contributed by atoms with Gasteiger partial charge in [0.25, 0.3) is 0 Å². The van der Waals surface area contributed by atoms with Gasteiger partial charge in [-0.05, 0) is 37.9 Å². The average molecular weight is 280 g/mol. The van der Waals surface area contributed by atoms with Gasteiger partial charge in [-0.25, -0.2) is 0 Å². The van der Waals surface area contributed by atoms with Crippen molar-refractivity contribution in [2.24, 2.45) is 5.92 Å². The molecule has 2 fully saturated rings. The summed E-state index contributed by atoms with van der Waals surface area (Å²) in [5.41, 5.74) is 0. The molecule has 0 aromatic carbocycles. The Kier molecular flexibility index (Phi) is 4.53. The van der Waals surface area contributed by atoms with Crippen molar-refractivity contribution in [1.82, 2.24) is 9.80 Å². The Morgan fingerprint density at radius 1 is 1.21 bits per heavy atom. The minimum atomic E-state index is 0.860. The van der Waals surface area contributed by atoms with Crippen molar-refractivity contribution in [1.29, 1.82) is 0 Å². The van der Waals surface area contributed by atoms with Crippen molar-refractivity contribution in [2.75, 3.05) is 45.9 Å². The number of ether oxygens (including phenoxy) is 1. The van der Waals surface area contributed by atoms with Gasteiger partial charge in [0.15, 0.2) is 0 Å². The Hall–Kier alpha value is -0.420. The van der Waals surface area contributed by atoms with E-state index in [4.69, 9.17) is 4.74 Å². The van der Waals surface area contributed by atoms with Crippen LogP contribution in [0.2, 0.25) is 0 Å². The molecule has 0 radical (unpaired) electrons. The molecule has 0 saturated carbocycles. The standard InChI is InChI=1S/C15H24N2OS/c1-13-2-3-15(19-13)12-17-5-4-14(11-17)10-16-6-8-18-9-7-16/h2-3,14H,4-12H2,1H3. The lowest BCUT2D eigenvalue weighted by molar-refractivity contribution is 0.0312. The predicted octanol–water partition coefficient (Wildman–Crippen LogP) is 2.21. The van der Waals surface area contributed by atoms with Crippen LogP contribution in [0, 0.1) is 12.8 Å². The third kappa shape index (κ3) is 3.78. The van der Waals surface area contributed by atoms with E-state index in [1.807, 2.05) is 11.3 Å². The zero-order valence-corrected chi connectivity index (χ0v) is 12.6. The molecule has 0 bridgehead atoms. The van der Waals surface area contributed by atoms with Gasteiger partial charge in [0.2, 0.25) is 0 Å². The van der Waals surface area contributed by atoms with Crippen LogP contribution < -0.4 is 0 Å². The molecule has 106 valence electrons. The van der Waals surface area contributed by atoms with Crippen LogP contribution in [0.1, 0.15) is 16.2 Å². The fourth-order valence-corrected chi connectivity index (χ4v) is 4.08. The molecule has 3 heterocycles. The molecular weight excluding hydrogens is 256 g/mol. The van der Waals surface area contributed by atoms with E-state index in [0.717, 1.165) is 38.8 Å². The second kappa shape index (κ2) is 6.35. The van der Waals surface area contributed by atoms with Gasteiger partial charge in [0, 0.05) is 42.5 Å². The van der Waals surface area contributed by atoms with Gasteiger partial charge in [-0.1, -0.05) is 0 Å². The van der Waals surface area contributed by atoms with Gasteiger partial charge in [0.05, 0.1) is 13.2 Å². The van der Waals surface area contributed by atoms with Crippen LogP contribution in [0.25, 0.3) is 0 Å². The van der Waals surface area contributed by atoms with E-state index in [1.54, 1.807) is 0 Å². The second-order valence-electron chi connectivity index (χ2n) is 5.82. The number of thiophene rings is 1. The number of aryl methyl sites for hydroxylation is 1. The first-order valence-corrected chi connectivity index (χ1v) is 8.19. The Morgan fingerprint density at radius 2 is 2.05 bits per heavy atom. The zero-order valence-electron chi connectivity index (χ0n) is 11.8. The summed E-state index contributed by atoms with van der Waals surface area (Å²) >= 11 is 1.94. The van der Waals surface area contributed by atoms with Crippen LogP contribution in [0.5, 0.6) is 0 Å². The molecule has 2 aliphatic rings. The molecule has 2 saturated heterocycles. The van der Waals surface area contributed by atoms with E-state index < -0.39 is 0 Å². The molecule has 0 aliphatic carbocycles. The largest absolute Gasteiger partial charge is 0.379 e. The van der Waals surface area contributed by atoms with Gasteiger partial charge in [-0.15, -0.1) is 11.3 Å². The number of rotatable bonds is 4. The summed E-state index contributed by atoms with van der Waals surface area (Å²) in [7, 11) is 0. The maximum absolute atomic E-state index is 5.42. The number of nitrogens with zero attached hydrogens (tertiary/aromatic N) is 2. The minimum absolute atomic E-state index is 0.860. The summed E-state index contributed by atoms with van der Waals surface area (Å²) in [5.74, 6) is 0.860. The average Bonchev–Trinajstić information content (AvgIpc) is 3.01. The molecule has 2 aliphatic heterocycles. The number of likely N-dealkylation sites (tertiary alicyclic amines) is 1. The molecule has 4 heteroatoms. The van der Waals surface area contributed by atoms with Crippen molar-refractivity contribution in [3.05, 3.63) is 21.9 Å². The van der Waals surface area contributed by atoms with E-state index in [2.05, 4.69) is 28.9 Å². The molecule has 0 amide bonds. The van der Waals surface area contributed by atoms with Crippen LogP contribution >= 0.6 is 11.3 Å². The Bertz CT molecular complexity index is 401. The predicted molar refractivity (Wildman–Crippen MR) is 79.7 cm³/mol. The van der Waals surface area contributed by atoms with Gasteiger partial charge in [-0.3, -0.25) is 9.80 Å². The first-order valence-electron chi connectivity index (χ1n) is 7.37. The smallest absolute Gasteiger partial charge is 0.0594 e. The van der Waals surface area contributed by atoms with Gasteiger partial charge in [0.1, 0.15) is 0 Å². The van der Waals surface area contributed by atoms with Crippen molar-refractivity contribution in [2.45, 2.75) is 19.9 Å². The van der Waals surface area contributed by atoms with Crippen molar-refractivity contribution < 1.29 is 4.74 Å². The van der Waals surface area contributed by atoms with Crippen molar-refractivity contribution in [3.8, 4) is 0 Å². The van der Waals surface area contributed by atoms with Crippen molar-refractivity contribution in [3.63, 3.8) is 0 Å². The van der Waals surface area contributed by atoms with Crippen LogP contribution in [0.3, 0.4) is 0 Å². The number of hydrogen-bond donors (Lipinski definition) is 0. The van der Waals surface area contributed by atoms with E-state index in [9.17, 15) is 0 Å². The molecule has 1 atom stereocenters. The summed E-state index contributed by atoms with van der Waals surface area (Å²) in [6.07, 6.45) is 1.36. The Labute approximate surface area is 120 Å². The number of hydrogen-bond acceptors (Lipinski definition) is 4. The van der Waals surface area contributed by atoms with E-state index in [1.165, 1.54) is 35.8 Å². The molecule has 19 heavy (non-hydrogen) atoms. The second-order valence-corrected chi connectivity index (χ2v) is 7.19. The lowest BCUT2D eigenvalue weighted by Gasteiger charge is -2.29. The molecule has 1 unspecified atom stereocenters. The normalized spacial score (nSPS) is 26.1. The third-order valence-electron chi connectivity index (χ3n) is 4.17. The van der Waals surface area contributed by atoms with Gasteiger partial charge < -0.3 is 4.74 Å². The lowest BCUT2D eigenvalue weighted by Crippen LogP contribution is -2.39. The van der Waals surface area contributed by atoms with E-state index in [-0.39, 0.29) is 0 Å². The molecular formula is C15H24N2OS. The van der Waals surface area contributed by atoms with Crippen LogP contribution in [0.15, 0.2) is 12.1 Å². The SMILES string of the molecule is Cc1ccc(CN2CCC(CN3CCOCC3)C2)s1. The van der Waals surface area contributed by atoms with E-state index in [0.29, 0.717) is 0 Å². The molecule has 3 rings (SSSR count). The first kappa shape index (κ1) is 13.6. The third-order valence-corrected chi connectivity index (χ3v) is 5.15. The highest BCUT2D eigenvalue weighted by atomic mass is 32.1. The maximum atomic E-state index is 5.42. The highest BCUT2D eigenvalue weighted by Gasteiger charge is 2.25. The van der Waals surface area contributed by atoms with Gasteiger partial charge >= 0.3 is 0 Å². The summed E-state index contributed by atoms with van der Waals surface area (Å²) in [6, 6.07) is 4.52. The highest BCUT2D eigenvalue weighted by molar-refractivity contribution is 7.11. The maximum Gasteiger partial charge on any atom is 0.0594 e. The van der Waals surface area contributed by atoms with E-state index >= 15 is 0 Å². The van der Waals surface area contributed by atoms with Crippen molar-refractivity contribution >= 4 is 11.3 Å². The Morgan fingerprint density at radius 3 is 2.79 bits per heavy atom. The lowest BCUT2D eigenvalue weighted by atomic mass is 10.1. The number of morpholine rings is 1. The molecule has 0 spiro atoms. The van der Waals surface area contributed by atoms with Crippen LogP contribution in [-0.4, -0.2) is 55.7 Å².